The molecule has 38 heavy (non-hydrogen) atoms. The molecule has 2 unspecified atom stereocenters. The summed E-state index contributed by atoms with van der Waals surface area (Å²) in [7, 11) is 1.37. The van der Waals surface area contributed by atoms with Crippen LogP contribution in [0.3, 0.4) is 0 Å². The van der Waals surface area contributed by atoms with Gasteiger partial charge in [-0.2, -0.15) is 0 Å². The zero-order valence-corrected chi connectivity index (χ0v) is 20.5. The van der Waals surface area contributed by atoms with Crippen LogP contribution in [0.1, 0.15) is 25.7 Å². The standard InChI is InChI=1S/C28H25F3N4O3/c1-38-22-7-6-15(8-19(22)30)21-11-23(34-25-14-4-2-13(3-5-14)24(25)28(36)37)35-27(33-21)18-12-32-26-17(18)9-16(29)10-20(26)31/h6-14,24-25,32H,2-5H2,1H3,(H,36,37)(H,33,34,35). The molecular weight excluding hydrogens is 497 g/mol. The second-order valence-corrected chi connectivity index (χ2v) is 10.0. The Morgan fingerprint density at radius 2 is 1.79 bits per heavy atom. The first-order chi connectivity index (χ1) is 18.3. The van der Waals surface area contributed by atoms with Crippen molar-refractivity contribution < 1.29 is 27.8 Å². The van der Waals surface area contributed by atoms with E-state index in [0.29, 0.717) is 22.6 Å². The van der Waals surface area contributed by atoms with Crippen LogP contribution in [-0.4, -0.2) is 39.2 Å². The van der Waals surface area contributed by atoms with Crippen LogP contribution in [0.2, 0.25) is 0 Å². The van der Waals surface area contributed by atoms with Crippen molar-refractivity contribution in [1.29, 1.82) is 0 Å². The first-order valence-corrected chi connectivity index (χ1v) is 12.5. The van der Waals surface area contributed by atoms with Gasteiger partial charge in [-0.3, -0.25) is 4.79 Å². The highest BCUT2D eigenvalue weighted by Crippen LogP contribution is 2.46. The van der Waals surface area contributed by atoms with Crippen molar-refractivity contribution in [1.82, 2.24) is 15.0 Å². The summed E-state index contributed by atoms with van der Waals surface area (Å²) in [5, 5.41) is 13.6. The van der Waals surface area contributed by atoms with Gasteiger partial charge in [-0.25, -0.2) is 23.1 Å². The number of hydrogen-bond acceptors (Lipinski definition) is 5. The van der Waals surface area contributed by atoms with E-state index < -0.39 is 29.3 Å². The van der Waals surface area contributed by atoms with Gasteiger partial charge < -0.3 is 20.1 Å². The number of nitrogens with one attached hydrogen (secondary N) is 2. The Balaban J connectivity index is 1.48. The first-order valence-electron chi connectivity index (χ1n) is 12.5. The van der Waals surface area contributed by atoms with Gasteiger partial charge in [0.1, 0.15) is 17.5 Å². The minimum atomic E-state index is -0.841. The summed E-state index contributed by atoms with van der Waals surface area (Å²) in [6.07, 6.45) is 5.13. The van der Waals surface area contributed by atoms with E-state index >= 15 is 0 Å². The highest BCUT2D eigenvalue weighted by atomic mass is 19.1. The van der Waals surface area contributed by atoms with Crippen LogP contribution < -0.4 is 10.1 Å². The van der Waals surface area contributed by atoms with Crippen LogP contribution in [0.25, 0.3) is 33.5 Å². The number of rotatable bonds is 6. The lowest BCUT2D eigenvalue weighted by molar-refractivity contribution is -0.148. The van der Waals surface area contributed by atoms with E-state index in [1.165, 1.54) is 31.5 Å². The summed E-state index contributed by atoms with van der Waals surface area (Å²) in [4.78, 5) is 24.3. The Morgan fingerprint density at radius 3 is 2.50 bits per heavy atom. The summed E-state index contributed by atoms with van der Waals surface area (Å²) in [5.41, 5.74) is 1.26. The first kappa shape index (κ1) is 24.3. The van der Waals surface area contributed by atoms with Crippen LogP contribution in [0.15, 0.2) is 42.6 Å². The van der Waals surface area contributed by atoms with Crippen molar-refractivity contribution in [2.24, 2.45) is 17.8 Å². The third kappa shape index (κ3) is 4.13. The molecule has 2 heterocycles. The molecule has 3 aliphatic carbocycles. The molecule has 7 nitrogen and oxygen atoms in total. The third-order valence-corrected chi connectivity index (χ3v) is 7.94. The summed E-state index contributed by atoms with van der Waals surface area (Å²) in [6.45, 7) is 0. The van der Waals surface area contributed by atoms with Crippen molar-refractivity contribution in [3.05, 3.63) is 60.0 Å². The van der Waals surface area contributed by atoms with Gasteiger partial charge in [-0.05, 0) is 61.8 Å². The highest BCUT2D eigenvalue weighted by molar-refractivity contribution is 5.94. The third-order valence-electron chi connectivity index (χ3n) is 7.94. The lowest BCUT2D eigenvalue weighted by Gasteiger charge is -2.47. The Hall–Kier alpha value is -4.08. The highest BCUT2D eigenvalue weighted by Gasteiger charge is 2.47. The number of carbonyl (C=O) groups is 1. The maximum atomic E-state index is 14.6. The predicted octanol–water partition coefficient (Wildman–Crippen LogP) is 6.02. The number of methoxy groups -OCH3 is 1. The van der Waals surface area contributed by atoms with Gasteiger partial charge in [0.05, 0.1) is 24.2 Å². The second kappa shape index (κ2) is 9.34. The monoisotopic (exact) mass is 522 g/mol. The minimum Gasteiger partial charge on any atom is -0.494 e. The average molecular weight is 523 g/mol. The van der Waals surface area contributed by atoms with Crippen molar-refractivity contribution in [2.45, 2.75) is 31.7 Å². The number of aliphatic carboxylic acids is 1. The Bertz CT molecular complexity index is 1550. The summed E-state index contributed by atoms with van der Waals surface area (Å²) >= 11 is 0. The van der Waals surface area contributed by atoms with Crippen LogP contribution in [0, 0.1) is 35.2 Å². The number of nitrogens with zero attached hydrogens (tertiary/aromatic N) is 2. The number of fused-ring (bicyclic) bond motifs is 4. The van der Waals surface area contributed by atoms with Crippen LogP contribution in [0.5, 0.6) is 5.75 Å². The van der Waals surface area contributed by atoms with Gasteiger partial charge in [-0.1, -0.05) is 0 Å². The van der Waals surface area contributed by atoms with E-state index in [1.807, 2.05) is 0 Å². The van der Waals surface area contributed by atoms with Crippen molar-refractivity contribution in [3.63, 3.8) is 0 Å². The van der Waals surface area contributed by atoms with Gasteiger partial charge in [0, 0.05) is 40.9 Å². The normalized spacial score (nSPS) is 22.5. The SMILES string of the molecule is COc1ccc(-c2cc(NC3C4CCC(CC4)C3C(=O)O)nc(-c3c[nH]c4c(F)cc(F)cc34)n2)cc1F. The average Bonchev–Trinajstić information content (AvgIpc) is 3.33. The van der Waals surface area contributed by atoms with E-state index in [-0.39, 0.29) is 40.4 Å². The van der Waals surface area contributed by atoms with Crippen LogP contribution in [0.4, 0.5) is 19.0 Å². The molecule has 0 saturated heterocycles. The zero-order valence-electron chi connectivity index (χ0n) is 20.5. The fraction of sp³-hybridized carbons (Fsp3) is 0.321. The van der Waals surface area contributed by atoms with Crippen molar-refractivity contribution in [3.8, 4) is 28.4 Å². The second-order valence-electron chi connectivity index (χ2n) is 10.0. The predicted molar refractivity (Wildman–Crippen MR) is 135 cm³/mol. The molecule has 0 amide bonds. The maximum absolute atomic E-state index is 14.6. The molecule has 10 heteroatoms. The Morgan fingerprint density at radius 1 is 1.03 bits per heavy atom. The molecule has 2 atom stereocenters. The summed E-state index contributed by atoms with van der Waals surface area (Å²) in [5.74, 6) is -2.61. The summed E-state index contributed by atoms with van der Waals surface area (Å²) in [6, 6.07) is 7.71. The fourth-order valence-corrected chi connectivity index (χ4v) is 6.14. The Labute approximate surface area is 216 Å². The summed E-state index contributed by atoms with van der Waals surface area (Å²) < 4.78 is 48.1. The van der Waals surface area contributed by atoms with Crippen LogP contribution >= 0.6 is 0 Å². The van der Waals surface area contributed by atoms with Gasteiger partial charge >= 0.3 is 5.97 Å². The quantitative estimate of drug-likeness (QED) is 0.286. The molecule has 2 bridgehead atoms. The lowest BCUT2D eigenvalue weighted by atomic mass is 9.61. The lowest BCUT2D eigenvalue weighted by Crippen LogP contribution is -2.51. The number of benzene rings is 2. The molecule has 0 radical (unpaired) electrons. The van der Waals surface area contributed by atoms with Gasteiger partial charge in [0.2, 0.25) is 0 Å². The molecule has 2 aromatic heterocycles. The van der Waals surface area contributed by atoms with Crippen molar-refractivity contribution >= 4 is 22.7 Å². The van der Waals surface area contributed by atoms with E-state index in [0.717, 1.165) is 31.7 Å². The number of halogens is 3. The number of anilines is 1. The molecule has 3 fully saturated rings. The molecule has 0 aliphatic heterocycles. The topological polar surface area (TPSA) is 100 Å². The number of carboxylic acids is 1. The molecule has 3 N–H and O–H groups in total. The van der Waals surface area contributed by atoms with E-state index in [1.54, 1.807) is 12.1 Å². The van der Waals surface area contributed by atoms with E-state index in [9.17, 15) is 23.1 Å². The number of ether oxygens (including phenoxy) is 1. The van der Waals surface area contributed by atoms with Crippen LogP contribution in [-0.2, 0) is 4.79 Å². The van der Waals surface area contributed by atoms with E-state index in [4.69, 9.17) is 4.74 Å². The maximum Gasteiger partial charge on any atom is 0.308 e. The van der Waals surface area contributed by atoms with Gasteiger partial charge in [0.15, 0.2) is 17.4 Å². The van der Waals surface area contributed by atoms with E-state index in [2.05, 4.69) is 20.3 Å². The smallest absolute Gasteiger partial charge is 0.308 e. The van der Waals surface area contributed by atoms with Gasteiger partial charge in [0.25, 0.3) is 0 Å². The Kier molecular flexibility index (Phi) is 5.97. The number of H-pyrrole nitrogens is 1. The minimum absolute atomic E-state index is 0.0755. The fourth-order valence-electron chi connectivity index (χ4n) is 6.14. The van der Waals surface area contributed by atoms with Crippen molar-refractivity contribution in [2.75, 3.05) is 12.4 Å². The molecule has 0 spiro atoms. The zero-order chi connectivity index (χ0) is 26.6. The molecule has 4 aromatic rings. The molecule has 3 saturated carbocycles. The number of carboxylic acid groups (broad SMARTS) is 1. The number of hydrogen-bond donors (Lipinski definition) is 3. The molecule has 3 aliphatic rings. The molecule has 2 aromatic carbocycles. The molecule has 196 valence electrons. The molecule has 7 rings (SSSR count). The van der Waals surface area contributed by atoms with Gasteiger partial charge in [-0.15, -0.1) is 0 Å². The largest absolute Gasteiger partial charge is 0.494 e. The molecular formula is C28H25F3N4O3. The number of aromatic amines is 1. The number of aromatic nitrogens is 3.